The predicted octanol–water partition coefficient (Wildman–Crippen LogP) is 3.47. The molecule has 2 aromatic rings. The highest BCUT2D eigenvalue weighted by Crippen LogP contribution is 2.31. The number of rotatable bonds is 3. The van der Waals surface area contributed by atoms with Gasteiger partial charge in [0, 0.05) is 17.7 Å². The van der Waals surface area contributed by atoms with Gasteiger partial charge in [0.15, 0.2) is 0 Å². The smallest absolute Gasteiger partial charge is 0.414 e. The Balaban J connectivity index is 1.65. The lowest BCUT2D eigenvalue weighted by atomic mass is 9.99. The van der Waals surface area contributed by atoms with Gasteiger partial charge >= 0.3 is 6.09 Å². The second-order valence-corrected chi connectivity index (χ2v) is 6.24. The second kappa shape index (κ2) is 5.88. The number of halogens is 1. The fourth-order valence-electron chi connectivity index (χ4n) is 3.25. The molecule has 4 rings (SSSR count). The molecule has 2 amide bonds. The van der Waals surface area contributed by atoms with Gasteiger partial charge in [-0.3, -0.25) is 9.69 Å². The lowest BCUT2D eigenvalue weighted by Crippen LogP contribution is -2.24. The number of amides is 2. The van der Waals surface area contributed by atoms with Gasteiger partial charge in [-0.05, 0) is 47.9 Å². The molecule has 2 aliphatic heterocycles. The summed E-state index contributed by atoms with van der Waals surface area (Å²) in [5.74, 6) is -0.516. The fourth-order valence-corrected chi connectivity index (χ4v) is 3.25. The van der Waals surface area contributed by atoms with Crippen molar-refractivity contribution >= 4 is 17.7 Å². The van der Waals surface area contributed by atoms with Crippen LogP contribution >= 0.6 is 0 Å². The molecule has 1 saturated heterocycles. The van der Waals surface area contributed by atoms with Crippen LogP contribution in [0, 0.1) is 5.82 Å². The monoisotopic (exact) mass is 340 g/mol. The van der Waals surface area contributed by atoms with Crippen LogP contribution in [0.3, 0.4) is 0 Å². The third-order valence-corrected chi connectivity index (χ3v) is 4.69. The number of hydrogen-bond acceptors (Lipinski definition) is 3. The summed E-state index contributed by atoms with van der Waals surface area (Å²) in [4.78, 5) is 25.0. The molecular weight excluding hydrogens is 323 g/mol. The van der Waals surface area contributed by atoms with Crippen molar-refractivity contribution in [1.29, 1.82) is 0 Å². The number of nitrogens with zero attached hydrogens (tertiary/aromatic N) is 1. The number of fused-ring (bicyclic) bond motifs is 1. The van der Waals surface area contributed by atoms with Crippen molar-refractivity contribution in [2.45, 2.75) is 26.0 Å². The SMILES string of the molecule is CC[C@H]1CN(c2ccc(-c3ccc4c(c3)CNC4=O)c(F)c2)C(=O)O1. The standard InChI is InChI=1S/C19H17FN2O3/c1-2-14-10-22(19(24)25-14)13-4-6-15(17(20)8-13)11-3-5-16-12(7-11)9-21-18(16)23/h3-8,14H,2,9-10H2,1H3,(H,21,23)/t14-/m0/s1. The molecule has 1 atom stereocenters. The number of benzene rings is 2. The van der Waals surface area contributed by atoms with Gasteiger partial charge in [-0.1, -0.05) is 13.0 Å². The first-order valence-electron chi connectivity index (χ1n) is 8.26. The van der Waals surface area contributed by atoms with Crippen LogP contribution in [0.5, 0.6) is 0 Å². The zero-order chi connectivity index (χ0) is 17.6. The van der Waals surface area contributed by atoms with Crippen molar-refractivity contribution in [2.75, 3.05) is 11.4 Å². The van der Waals surface area contributed by atoms with Crippen molar-refractivity contribution in [3.05, 3.63) is 53.3 Å². The quantitative estimate of drug-likeness (QED) is 0.931. The Morgan fingerprint density at radius 3 is 2.72 bits per heavy atom. The first kappa shape index (κ1) is 15.6. The molecule has 0 bridgehead atoms. The van der Waals surface area contributed by atoms with E-state index in [1.165, 1.54) is 11.0 Å². The number of carbonyl (C=O) groups is 2. The van der Waals surface area contributed by atoms with E-state index in [1.54, 1.807) is 24.3 Å². The molecule has 0 radical (unpaired) electrons. The van der Waals surface area contributed by atoms with Crippen molar-refractivity contribution in [1.82, 2.24) is 5.32 Å². The molecule has 128 valence electrons. The summed E-state index contributed by atoms with van der Waals surface area (Å²) in [6.07, 6.45) is 0.128. The Bertz CT molecular complexity index is 881. The predicted molar refractivity (Wildman–Crippen MR) is 90.9 cm³/mol. The fraction of sp³-hybridized carbons (Fsp3) is 0.263. The van der Waals surface area contributed by atoms with E-state index in [0.29, 0.717) is 35.5 Å². The zero-order valence-corrected chi connectivity index (χ0v) is 13.7. The summed E-state index contributed by atoms with van der Waals surface area (Å²) in [5.41, 5.74) is 3.12. The van der Waals surface area contributed by atoms with Crippen molar-refractivity contribution in [3.8, 4) is 11.1 Å². The minimum absolute atomic E-state index is 0.101. The molecule has 25 heavy (non-hydrogen) atoms. The van der Waals surface area contributed by atoms with E-state index in [0.717, 1.165) is 12.0 Å². The van der Waals surface area contributed by atoms with Crippen LogP contribution in [0.1, 0.15) is 29.3 Å². The summed E-state index contributed by atoms with van der Waals surface area (Å²) in [5, 5.41) is 2.75. The second-order valence-electron chi connectivity index (χ2n) is 6.24. The lowest BCUT2D eigenvalue weighted by molar-refractivity contribution is 0.0965. The molecule has 0 aliphatic carbocycles. The van der Waals surface area contributed by atoms with Crippen LogP contribution < -0.4 is 10.2 Å². The average molecular weight is 340 g/mol. The van der Waals surface area contributed by atoms with Crippen molar-refractivity contribution in [3.63, 3.8) is 0 Å². The zero-order valence-electron chi connectivity index (χ0n) is 13.7. The van der Waals surface area contributed by atoms with Gasteiger partial charge in [-0.25, -0.2) is 9.18 Å². The van der Waals surface area contributed by atoms with Gasteiger partial charge in [0.05, 0.1) is 12.2 Å². The Morgan fingerprint density at radius 1 is 1.20 bits per heavy atom. The maximum Gasteiger partial charge on any atom is 0.414 e. The van der Waals surface area contributed by atoms with Crippen LogP contribution in [0.2, 0.25) is 0 Å². The van der Waals surface area contributed by atoms with Crippen LogP contribution in [0.4, 0.5) is 14.9 Å². The highest BCUT2D eigenvalue weighted by molar-refractivity contribution is 5.99. The maximum atomic E-state index is 14.7. The molecule has 2 aliphatic rings. The molecule has 6 heteroatoms. The summed E-state index contributed by atoms with van der Waals surface area (Å²) in [7, 11) is 0. The van der Waals surface area contributed by atoms with E-state index in [2.05, 4.69) is 5.32 Å². The first-order chi connectivity index (χ1) is 12.1. The molecule has 2 heterocycles. The highest BCUT2D eigenvalue weighted by Gasteiger charge is 2.31. The van der Waals surface area contributed by atoms with Gasteiger partial charge in [0.1, 0.15) is 11.9 Å². The van der Waals surface area contributed by atoms with Crippen LogP contribution in [-0.4, -0.2) is 24.6 Å². The Kier molecular flexibility index (Phi) is 3.67. The third kappa shape index (κ3) is 2.63. The van der Waals surface area contributed by atoms with Gasteiger partial charge in [-0.15, -0.1) is 0 Å². The van der Waals surface area contributed by atoms with Gasteiger partial charge in [-0.2, -0.15) is 0 Å². The van der Waals surface area contributed by atoms with E-state index in [4.69, 9.17) is 4.74 Å². The molecular formula is C19H17FN2O3. The molecule has 1 fully saturated rings. The number of cyclic esters (lactones) is 1. The Hall–Kier alpha value is -2.89. The van der Waals surface area contributed by atoms with Gasteiger partial charge < -0.3 is 10.1 Å². The van der Waals surface area contributed by atoms with E-state index >= 15 is 0 Å². The topological polar surface area (TPSA) is 58.6 Å². The summed E-state index contributed by atoms with van der Waals surface area (Å²) in [6, 6.07) is 9.99. The minimum atomic E-state index is -0.443. The lowest BCUT2D eigenvalue weighted by Gasteiger charge is -2.14. The first-order valence-corrected chi connectivity index (χ1v) is 8.26. The Morgan fingerprint density at radius 2 is 2.00 bits per heavy atom. The van der Waals surface area contributed by atoms with Crippen LogP contribution in [-0.2, 0) is 11.3 Å². The number of hydrogen-bond donors (Lipinski definition) is 1. The van der Waals surface area contributed by atoms with Crippen LogP contribution in [0.15, 0.2) is 36.4 Å². The molecule has 0 spiro atoms. The highest BCUT2D eigenvalue weighted by atomic mass is 19.1. The van der Waals surface area contributed by atoms with Crippen molar-refractivity contribution < 1.29 is 18.7 Å². The number of ether oxygens (including phenoxy) is 1. The normalized spacial score (nSPS) is 19.0. The third-order valence-electron chi connectivity index (χ3n) is 4.69. The molecule has 0 aromatic heterocycles. The van der Waals surface area contributed by atoms with Gasteiger partial charge in [0.25, 0.3) is 5.91 Å². The number of carbonyl (C=O) groups excluding carboxylic acids is 2. The van der Waals surface area contributed by atoms with E-state index in [9.17, 15) is 14.0 Å². The maximum absolute atomic E-state index is 14.7. The van der Waals surface area contributed by atoms with Gasteiger partial charge in [0.2, 0.25) is 0 Å². The number of nitrogens with one attached hydrogen (secondary N) is 1. The minimum Gasteiger partial charge on any atom is -0.444 e. The van der Waals surface area contributed by atoms with Crippen molar-refractivity contribution in [2.24, 2.45) is 0 Å². The van der Waals surface area contributed by atoms with Crippen LogP contribution in [0.25, 0.3) is 11.1 Å². The van der Waals surface area contributed by atoms with E-state index in [-0.39, 0.29) is 12.0 Å². The van der Waals surface area contributed by atoms with E-state index < -0.39 is 11.9 Å². The van der Waals surface area contributed by atoms with E-state index in [1.807, 2.05) is 13.0 Å². The molecule has 0 unspecified atom stereocenters. The summed E-state index contributed by atoms with van der Waals surface area (Å²) >= 11 is 0. The average Bonchev–Trinajstić information content (AvgIpc) is 3.17. The summed E-state index contributed by atoms with van der Waals surface area (Å²) < 4.78 is 19.9. The molecule has 0 saturated carbocycles. The molecule has 1 N–H and O–H groups in total. The molecule has 2 aromatic carbocycles. The molecule has 5 nitrogen and oxygen atoms in total. The Labute approximate surface area is 144 Å². The summed E-state index contributed by atoms with van der Waals surface area (Å²) in [6.45, 7) is 2.83. The largest absolute Gasteiger partial charge is 0.444 e. The number of anilines is 1.